The van der Waals surface area contributed by atoms with Crippen molar-refractivity contribution in [3.05, 3.63) is 48.0 Å². The quantitative estimate of drug-likeness (QED) is 0.362. The van der Waals surface area contributed by atoms with E-state index in [4.69, 9.17) is 0 Å². The highest BCUT2D eigenvalue weighted by Gasteiger charge is 2.15. The third-order valence-electron chi connectivity index (χ3n) is 2.28. The van der Waals surface area contributed by atoms with Crippen molar-refractivity contribution in [3.63, 3.8) is 0 Å². The number of ether oxygens (including phenoxy) is 1. The second kappa shape index (κ2) is 8.80. The SMILES string of the molecule is C=CC(C)=O.CCc1ccc(C(=O)C(=O)OC)cc1. The van der Waals surface area contributed by atoms with Crippen LogP contribution in [0.5, 0.6) is 0 Å². The van der Waals surface area contributed by atoms with Crippen LogP contribution >= 0.6 is 0 Å². The average Bonchev–Trinajstić information content (AvgIpc) is 2.46. The molecule has 0 fully saturated rings. The van der Waals surface area contributed by atoms with Crippen LogP contribution in [0.4, 0.5) is 0 Å². The van der Waals surface area contributed by atoms with Crippen LogP contribution in [0.1, 0.15) is 29.8 Å². The number of benzene rings is 1. The van der Waals surface area contributed by atoms with E-state index < -0.39 is 11.8 Å². The summed E-state index contributed by atoms with van der Waals surface area (Å²) in [6.45, 7) is 6.70. The Hall–Kier alpha value is -2.23. The summed E-state index contributed by atoms with van der Waals surface area (Å²) >= 11 is 0. The molecule has 1 aromatic carbocycles. The van der Waals surface area contributed by atoms with Gasteiger partial charge in [0, 0.05) is 5.56 Å². The van der Waals surface area contributed by atoms with Gasteiger partial charge in [-0.2, -0.15) is 0 Å². The summed E-state index contributed by atoms with van der Waals surface area (Å²) in [5.74, 6) is -1.41. The van der Waals surface area contributed by atoms with E-state index in [0.717, 1.165) is 12.0 Å². The molecule has 0 aromatic heterocycles. The molecule has 0 bridgehead atoms. The molecule has 0 N–H and O–H groups in total. The first-order valence-electron chi connectivity index (χ1n) is 5.80. The number of carbonyl (C=O) groups excluding carboxylic acids is 3. The fourth-order valence-electron chi connectivity index (χ4n) is 1.10. The standard InChI is InChI=1S/C11H12O3.C4H6O/c1-3-8-4-6-9(7-5-8)10(12)11(13)14-2;1-3-4(2)5/h4-7H,3H2,1-2H3;3H,1H2,2H3. The Kier molecular flexibility index (Phi) is 7.77. The van der Waals surface area contributed by atoms with Crippen molar-refractivity contribution in [1.29, 1.82) is 0 Å². The molecule has 0 unspecified atom stereocenters. The summed E-state index contributed by atoms with van der Waals surface area (Å²) in [5, 5.41) is 0. The van der Waals surface area contributed by atoms with Crippen molar-refractivity contribution in [2.75, 3.05) is 7.11 Å². The number of Topliss-reactive ketones (excluding diaryl/α,β-unsaturated/α-hetero) is 1. The number of allylic oxidation sites excluding steroid dienone is 1. The first kappa shape index (κ1) is 16.8. The minimum Gasteiger partial charge on any atom is -0.463 e. The fraction of sp³-hybridized carbons (Fsp3) is 0.267. The van der Waals surface area contributed by atoms with Crippen molar-refractivity contribution in [2.45, 2.75) is 20.3 Å². The zero-order valence-corrected chi connectivity index (χ0v) is 11.4. The number of carbonyl (C=O) groups is 3. The number of rotatable bonds is 4. The zero-order chi connectivity index (χ0) is 14.8. The molecule has 102 valence electrons. The van der Waals surface area contributed by atoms with E-state index >= 15 is 0 Å². The topological polar surface area (TPSA) is 60.4 Å². The summed E-state index contributed by atoms with van der Waals surface area (Å²) in [6.07, 6.45) is 2.19. The van der Waals surface area contributed by atoms with Gasteiger partial charge in [-0.05, 0) is 25.0 Å². The molecular weight excluding hydrogens is 244 g/mol. The first-order chi connectivity index (χ1) is 8.96. The number of hydrogen-bond donors (Lipinski definition) is 0. The number of ketones is 2. The lowest BCUT2D eigenvalue weighted by atomic mass is 10.1. The summed E-state index contributed by atoms with van der Waals surface area (Å²) < 4.78 is 4.33. The monoisotopic (exact) mass is 262 g/mol. The van der Waals surface area contributed by atoms with Gasteiger partial charge in [0.2, 0.25) is 0 Å². The third-order valence-corrected chi connectivity index (χ3v) is 2.28. The molecule has 19 heavy (non-hydrogen) atoms. The van der Waals surface area contributed by atoms with E-state index in [1.165, 1.54) is 20.1 Å². The van der Waals surface area contributed by atoms with Crippen molar-refractivity contribution in [2.24, 2.45) is 0 Å². The van der Waals surface area contributed by atoms with Gasteiger partial charge in [-0.1, -0.05) is 37.8 Å². The van der Waals surface area contributed by atoms with Crippen LogP contribution in [-0.2, 0) is 20.7 Å². The maximum absolute atomic E-state index is 11.3. The van der Waals surface area contributed by atoms with Gasteiger partial charge in [0.1, 0.15) is 0 Å². The third kappa shape index (κ3) is 6.31. The molecule has 0 saturated heterocycles. The lowest BCUT2D eigenvalue weighted by molar-refractivity contribution is -0.135. The van der Waals surface area contributed by atoms with E-state index in [0.29, 0.717) is 5.56 Å². The summed E-state index contributed by atoms with van der Waals surface area (Å²) in [4.78, 5) is 31.9. The first-order valence-corrected chi connectivity index (χ1v) is 5.80. The van der Waals surface area contributed by atoms with Gasteiger partial charge in [-0.25, -0.2) is 4.79 Å². The molecular formula is C15H18O4. The Bertz CT molecular complexity index is 458. The molecule has 0 radical (unpaired) electrons. The van der Waals surface area contributed by atoms with E-state index in [9.17, 15) is 14.4 Å². The molecule has 0 aliphatic rings. The van der Waals surface area contributed by atoms with Crippen molar-refractivity contribution >= 4 is 17.5 Å². The van der Waals surface area contributed by atoms with E-state index in [-0.39, 0.29) is 5.78 Å². The summed E-state index contributed by atoms with van der Waals surface area (Å²) in [5.41, 5.74) is 1.50. The molecule has 0 aliphatic heterocycles. The Morgan fingerprint density at radius 2 is 1.68 bits per heavy atom. The van der Waals surface area contributed by atoms with Gasteiger partial charge < -0.3 is 4.74 Å². The van der Waals surface area contributed by atoms with Gasteiger partial charge in [0.15, 0.2) is 5.78 Å². The van der Waals surface area contributed by atoms with Crippen molar-refractivity contribution in [3.8, 4) is 0 Å². The van der Waals surface area contributed by atoms with E-state index in [2.05, 4.69) is 11.3 Å². The molecule has 1 rings (SSSR count). The number of methoxy groups -OCH3 is 1. The van der Waals surface area contributed by atoms with Gasteiger partial charge in [0.05, 0.1) is 7.11 Å². The molecule has 0 saturated carbocycles. The van der Waals surface area contributed by atoms with Crippen molar-refractivity contribution < 1.29 is 19.1 Å². The maximum Gasteiger partial charge on any atom is 0.379 e. The Morgan fingerprint density at radius 1 is 1.21 bits per heavy atom. The molecule has 0 heterocycles. The van der Waals surface area contributed by atoms with Crippen LogP contribution in [0.25, 0.3) is 0 Å². The van der Waals surface area contributed by atoms with Gasteiger partial charge in [-0.15, -0.1) is 0 Å². The Labute approximate surface area is 113 Å². The molecule has 4 nitrogen and oxygen atoms in total. The van der Waals surface area contributed by atoms with E-state index in [1.807, 2.05) is 19.1 Å². The second-order valence-electron chi connectivity index (χ2n) is 3.69. The molecule has 0 atom stereocenters. The summed E-state index contributed by atoms with van der Waals surface area (Å²) in [6, 6.07) is 6.93. The maximum atomic E-state index is 11.3. The minimum absolute atomic E-state index is 0.0185. The van der Waals surface area contributed by atoms with Crippen molar-refractivity contribution in [1.82, 2.24) is 0 Å². The number of hydrogen-bond acceptors (Lipinski definition) is 4. The Morgan fingerprint density at radius 3 is 2.00 bits per heavy atom. The average molecular weight is 262 g/mol. The predicted octanol–water partition coefficient (Wildman–Crippen LogP) is 2.37. The van der Waals surface area contributed by atoms with Gasteiger partial charge >= 0.3 is 5.97 Å². The van der Waals surface area contributed by atoms with E-state index in [1.54, 1.807) is 12.1 Å². The Balaban J connectivity index is 0.000000555. The smallest absolute Gasteiger partial charge is 0.379 e. The van der Waals surface area contributed by atoms with Crippen LogP contribution < -0.4 is 0 Å². The predicted molar refractivity (Wildman–Crippen MR) is 73.0 cm³/mol. The van der Waals surface area contributed by atoms with Gasteiger partial charge in [0.25, 0.3) is 5.78 Å². The highest BCUT2D eigenvalue weighted by atomic mass is 16.5. The zero-order valence-electron chi connectivity index (χ0n) is 11.4. The molecule has 4 heteroatoms. The number of esters is 1. The largest absolute Gasteiger partial charge is 0.463 e. The second-order valence-corrected chi connectivity index (χ2v) is 3.69. The van der Waals surface area contributed by atoms with Crippen LogP contribution in [0.15, 0.2) is 36.9 Å². The summed E-state index contributed by atoms with van der Waals surface area (Å²) in [7, 11) is 1.20. The lowest BCUT2D eigenvalue weighted by Gasteiger charge is -2.00. The molecule has 0 spiro atoms. The molecule has 1 aromatic rings. The fourth-order valence-corrected chi connectivity index (χ4v) is 1.10. The highest BCUT2D eigenvalue weighted by molar-refractivity contribution is 6.40. The lowest BCUT2D eigenvalue weighted by Crippen LogP contribution is -2.15. The van der Waals surface area contributed by atoms with Crippen LogP contribution in [0.2, 0.25) is 0 Å². The minimum atomic E-state index is -0.825. The van der Waals surface area contributed by atoms with Crippen LogP contribution in [-0.4, -0.2) is 24.6 Å². The molecule has 0 amide bonds. The van der Waals surface area contributed by atoms with Gasteiger partial charge in [-0.3, -0.25) is 9.59 Å². The van der Waals surface area contributed by atoms with Crippen LogP contribution in [0, 0.1) is 0 Å². The number of aryl methyl sites for hydroxylation is 1. The molecule has 0 aliphatic carbocycles. The van der Waals surface area contributed by atoms with Crippen LogP contribution in [0.3, 0.4) is 0 Å². The normalized spacial score (nSPS) is 8.79. The highest BCUT2D eigenvalue weighted by Crippen LogP contribution is 2.06.